The van der Waals surface area contributed by atoms with Crippen LogP contribution in [0.4, 0.5) is 0 Å². The molecule has 14 heavy (non-hydrogen) atoms. The molecule has 0 aliphatic carbocycles. The highest BCUT2D eigenvalue weighted by Crippen LogP contribution is 2.18. The van der Waals surface area contributed by atoms with E-state index in [0.717, 1.165) is 0 Å². The van der Waals surface area contributed by atoms with Crippen molar-refractivity contribution in [3.63, 3.8) is 0 Å². The minimum absolute atomic E-state index is 0.0506. The second-order valence-corrected chi connectivity index (χ2v) is 4.68. The number of carboxylic acids is 1. The van der Waals surface area contributed by atoms with Crippen molar-refractivity contribution in [3.05, 3.63) is 34.3 Å². The Morgan fingerprint density at radius 2 is 2.21 bits per heavy atom. The molecule has 1 N–H and O–H groups in total. The first-order valence-electron chi connectivity index (χ1n) is 3.82. The van der Waals surface area contributed by atoms with Gasteiger partial charge in [-0.3, -0.25) is 4.21 Å². The summed E-state index contributed by atoms with van der Waals surface area (Å²) in [4.78, 5) is 10.7. The molecule has 0 aliphatic rings. The van der Waals surface area contributed by atoms with E-state index in [1.165, 1.54) is 12.1 Å². The molecule has 0 fully saturated rings. The number of hydrogen-bond donors (Lipinski definition) is 1. The molecule has 0 saturated carbocycles. The summed E-state index contributed by atoms with van der Waals surface area (Å²) in [5.41, 5.74) is 0.766. The Hall–Kier alpha value is -0.870. The average Bonchev–Trinajstić information content (AvgIpc) is 2.07. The summed E-state index contributed by atoms with van der Waals surface area (Å²) in [5.74, 6) is -0.726. The Balaban J connectivity index is 3.06. The van der Waals surface area contributed by atoms with Gasteiger partial charge in [-0.2, -0.15) is 0 Å². The van der Waals surface area contributed by atoms with Gasteiger partial charge in [0.05, 0.1) is 10.6 Å². The van der Waals surface area contributed by atoms with Gasteiger partial charge in [0.15, 0.2) is 0 Å². The van der Waals surface area contributed by atoms with Gasteiger partial charge in [-0.05, 0) is 17.7 Å². The summed E-state index contributed by atoms with van der Waals surface area (Å²) in [5, 5.41) is 8.96. The molecular formula is C9H9ClO3S. The average molecular weight is 233 g/mol. The van der Waals surface area contributed by atoms with E-state index in [1.54, 1.807) is 12.3 Å². The van der Waals surface area contributed by atoms with Crippen LogP contribution in [-0.2, 0) is 16.6 Å². The van der Waals surface area contributed by atoms with Crippen molar-refractivity contribution in [2.24, 2.45) is 0 Å². The molecule has 1 unspecified atom stereocenters. The van der Waals surface area contributed by atoms with Crippen LogP contribution in [0.15, 0.2) is 18.2 Å². The summed E-state index contributed by atoms with van der Waals surface area (Å²) >= 11 is 5.67. The van der Waals surface area contributed by atoms with Gasteiger partial charge < -0.3 is 5.11 Å². The summed E-state index contributed by atoms with van der Waals surface area (Å²) in [6.07, 6.45) is 1.56. The predicted molar refractivity (Wildman–Crippen MR) is 56.2 cm³/mol. The van der Waals surface area contributed by atoms with Crippen LogP contribution in [0.1, 0.15) is 15.9 Å². The van der Waals surface area contributed by atoms with Crippen molar-refractivity contribution in [2.75, 3.05) is 6.26 Å². The van der Waals surface area contributed by atoms with Crippen LogP contribution < -0.4 is 0 Å². The standard InChI is InChI=1S/C9H9ClO3S/c1-14(13)5-6-2-3-8(10)7(4-6)9(11)12/h2-4H,5H2,1H3,(H,11,12). The maximum absolute atomic E-state index is 10.9. The Labute approximate surface area is 89.2 Å². The molecule has 0 heterocycles. The Morgan fingerprint density at radius 1 is 1.57 bits per heavy atom. The topological polar surface area (TPSA) is 54.4 Å². The molecule has 0 amide bonds. The second-order valence-electron chi connectivity index (χ2n) is 2.84. The Bertz CT molecular complexity index is 390. The summed E-state index contributed by atoms with van der Waals surface area (Å²) < 4.78 is 10.9. The fourth-order valence-corrected chi connectivity index (χ4v) is 1.91. The first-order valence-corrected chi connectivity index (χ1v) is 5.93. The molecule has 1 atom stereocenters. The third-order valence-electron chi connectivity index (χ3n) is 1.63. The molecule has 0 aliphatic heterocycles. The number of benzene rings is 1. The van der Waals surface area contributed by atoms with Gasteiger partial charge in [0, 0.05) is 22.8 Å². The first-order chi connectivity index (χ1) is 6.50. The van der Waals surface area contributed by atoms with Crippen LogP contribution in [0.3, 0.4) is 0 Å². The summed E-state index contributed by atoms with van der Waals surface area (Å²) in [7, 11) is -0.981. The van der Waals surface area contributed by atoms with Gasteiger partial charge in [-0.15, -0.1) is 0 Å². The monoisotopic (exact) mass is 232 g/mol. The molecule has 0 bridgehead atoms. The number of hydrogen-bond acceptors (Lipinski definition) is 2. The second kappa shape index (κ2) is 4.57. The van der Waals surface area contributed by atoms with Crippen molar-refractivity contribution in [1.82, 2.24) is 0 Å². The summed E-state index contributed by atoms with van der Waals surface area (Å²) in [6.45, 7) is 0. The first kappa shape index (κ1) is 11.2. The largest absolute Gasteiger partial charge is 0.478 e. The van der Waals surface area contributed by atoms with Gasteiger partial charge >= 0.3 is 5.97 Å². The fourth-order valence-electron chi connectivity index (χ4n) is 1.06. The molecule has 1 aromatic carbocycles. The molecule has 3 nitrogen and oxygen atoms in total. The van der Waals surface area contributed by atoms with E-state index in [-0.39, 0.29) is 10.6 Å². The highest BCUT2D eigenvalue weighted by molar-refractivity contribution is 7.83. The minimum Gasteiger partial charge on any atom is -0.478 e. The van der Waals surface area contributed by atoms with Gasteiger partial charge in [0.1, 0.15) is 0 Å². The minimum atomic E-state index is -1.07. The van der Waals surface area contributed by atoms with Crippen LogP contribution in [0.25, 0.3) is 0 Å². The molecule has 0 saturated heterocycles. The molecule has 1 rings (SSSR count). The normalized spacial score (nSPS) is 12.4. The SMILES string of the molecule is CS(=O)Cc1ccc(Cl)c(C(=O)O)c1. The zero-order valence-electron chi connectivity index (χ0n) is 7.49. The van der Waals surface area contributed by atoms with E-state index in [4.69, 9.17) is 16.7 Å². The molecule has 0 spiro atoms. The maximum atomic E-state index is 10.9. The highest BCUT2D eigenvalue weighted by atomic mass is 35.5. The fraction of sp³-hybridized carbons (Fsp3) is 0.222. The van der Waals surface area contributed by atoms with Crippen LogP contribution >= 0.6 is 11.6 Å². The van der Waals surface area contributed by atoms with Crippen molar-refractivity contribution in [2.45, 2.75) is 5.75 Å². The van der Waals surface area contributed by atoms with Crippen molar-refractivity contribution < 1.29 is 14.1 Å². The van der Waals surface area contributed by atoms with Crippen molar-refractivity contribution in [1.29, 1.82) is 0 Å². The maximum Gasteiger partial charge on any atom is 0.337 e. The molecule has 76 valence electrons. The van der Waals surface area contributed by atoms with Gasteiger partial charge in [-0.1, -0.05) is 17.7 Å². The molecule has 5 heteroatoms. The quantitative estimate of drug-likeness (QED) is 0.866. The molecular weight excluding hydrogens is 224 g/mol. The lowest BCUT2D eigenvalue weighted by molar-refractivity contribution is 0.0697. The molecule has 1 aromatic rings. The molecule has 0 aromatic heterocycles. The number of aromatic carboxylic acids is 1. The van der Waals surface area contributed by atoms with Crippen LogP contribution in [0.2, 0.25) is 5.02 Å². The third kappa shape index (κ3) is 2.82. The van der Waals surface area contributed by atoms with E-state index >= 15 is 0 Å². The highest BCUT2D eigenvalue weighted by Gasteiger charge is 2.09. The van der Waals surface area contributed by atoms with Gasteiger partial charge in [0.25, 0.3) is 0 Å². The van der Waals surface area contributed by atoms with E-state index < -0.39 is 16.8 Å². The third-order valence-corrected chi connectivity index (χ3v) is 2.70. The zero-order valence-corrected chi connectivity index (χ0v) is 9.06. The Morgan fingerprint density at radius 3 is 2.71 bits per heavy atom. The zero-order chi connectivity index (χ0) is 10.7. The number of rotatable bonds is 3. The molecule has 0 radical (unpaired) electrons. The predicted octanol–water partition coefficient (Wildman–Crippen LogP) is 1.92. The number of carbonyl (C=O) groups is 1. The van der Waals surface area contributed by atoms with Gasteiger partial charge in [0.2, 0.25) is 0 Å². The lowest BCUT2D eigenvalue weighted by Crippen LogP contribution is -2.00. The van der Waals surface area contributed by atoms with Gasteiger partial charge in [-0.25, -0.2) is 4.79 Å². The lowest BCUT2D eigenvalue weighted by atomic mass is 10.1. The lowest BCUT2D eigenvalue weighted by Gasteiger charge is -2.02. The smallest absolute Gasteiger partial charge is 0.337 e. The van der Waals surface area contributed by atoms with E-state index in [9.17, 15) is 9.00 Å². The van der Waals surface area contributed by atoms with Crippen LogP contribution in [0, 0.1) is 0 Å². The van der Waals surface area contributed by atoms with Crippen molar-refractivity contribution in [3.8, 4) is 0 Å². The summed E-state index contributed by atoms with van der Waals surface area (Å²) in [6, 6.07) is 4.63. The van der Waals surface area contributed by atoms with Crippen LogP contribution in [-0.4, -0.2) is 21.5 Å². The number of halogens is 1. The van der Waals surface area contributed by atoms with Crippen molar-refractivity contribution >= 4 is 28.4 Å². The van der Waals surface area contributed by atoms with Crippen LogP contribution in [0.5, 0.6) is 0 Å². The Kier molecular flexibility index (Phi) is 3.66. The van der Waals surface area contributed by atoms with E-state index in [1.807, 2.05) is 0 Å². The number of carboxylic acid groups (broad SMARTS) is 1. The van der Waals surface area contributed by atoms with E-state index in [2.05, 4.69) is 0 Å². The van der Waals surface area contributed by atoms with E-state index in [0.29, 0.717) is 11.3 Å².